The van der Waals surface area contributed by atoms with E-state index in [-0.39, 0.29) is 30.6 Å². The fourth-order valence-electron chi connectivity index (χ4n) is 8.14. The summed E-state index contributed by atoms with van der Waals surface area (Å²) in [5.41, 5.74) is -6.24. The number of carbonyl (C=O) groups is 5. The molecule has 2 bridgehead atoms. The molecule has 0 aromatic heterocycles. The van der Waals surface area contributed by atoms with Crippen LogP contribution in [-0.2, 0) is 42.8 Å². The van der Waals surface area contributed by atoms with Crippen LogP contribution in [0.2, 0.25) is 0 Å². The fraction of sp³-hybridized carbons (Fsp3) is 0.588. The molecule has 3 aliphatic carbocycles. The molecular weight excluding hydrogens is 707 g/mol. The molecule has 0 spiro atoms. The maximum Gasteiger partial charge on any atom is 0.511 e. The topological polar surface area (TPSA) is 161 Å². The number of Topliss-reactive ketones (excluding diaryl/α,β-unsaturated/α-hetero) is 1. The zero-order valence-corrected chi connectivity index (χ0v) is 30.0. The molecule has 4 aliphatic rings. The molecule has 3 fully saturated rings. The number of allylic oxidation sites excluding steroid dienone is 1. The van der Waals surface area contributed by atoms with E-state index in [1.54, 1.807) is 45.4 Å². The molecule has 267 valence electrons. The number of esters is 3. The Morgan fingerprint density at radius 3 is 2.22 bits per heavy atom. The highest BCUT2D eigenvalue weighted by molar-refractivity contribution is 6.50. The number of ketones is 1. The number of carbonyl (C=O) groups excluding carboxylic acids is 5. The zero-order valence-electron chi connectivity index (χ0n) is 27.8. The fourth-order valence-corrected chi connectivity index (χ4v) is 8.32. The molecule has 1 N–H and O–H groups in total. The predicted molar refractivity (Wildman–Crippen MR) is 174 cm³/mol. The first-order valence-corrected chi connectivity index (χ1v) is 16.9. The van der Waals surface area contributed by atoms with Crippen LogP contribution in [0.1, 0.15) is 64.7 Å². The van der Waals surface area contributed by atoms with Gasteiger partial charge in [-0.25, -0.2) is 9.59 Å². The minimum atomic E-state index is -2.20. The standard InChI is InChI=1S/C34H38Cl3O12/c1-17-12-13-33(43)27(47-28(41)20-10-8-7-9-11-20)25-31(6,26(40)24(45-18(2)38)23(17)30(33,4)5)21(46-29(42)49-34(36,37)15-35)14-22-32(25,16-44-22)48-19(3)39/h7-12,21-22,24-25,27,43H,13-16H2,1-6H3. The second-order valence-electron chi connectivity index (χ2n) is 13.7. The van der Waals surface area contributed by atoms with Crippen molar-refractivity contribution >= 4 is 64.6 Å². The number of hydrogen-bond acceptors (Lipinski definition) is 12. The molecule has 2 saturated carbocycles. The van der Waals surface area contributed by atoms with E-state index in [2.05, 4.69) is 0 Å². The maximum atomic E-state index is 15.3. The van der Waals surface area contributed by atoms with Crippen molar-refractivity contribution in [2.75, 3.05) is 12.5 Å². The van der Waals surface area contributed by atoms with Gasteiger partial charge in [0.15, 0.2) is 17.5 Å². The Morgan fingerprint density at radius 2 is 1.67 bits per heavy atom. The number of ether oxygens (including phenoxy) is 6. The first-order valence-electron chi connectivity index (χ1n) is 15.6. The van der Waals surface area contributed by atoms with Crippen LogP contribution in [0.3, 0.4) is 0 Å². The highest BCUT2D eigenvalue weighted by atomic mass is 35.5. The highest BCUT2D eigenvalue weighted by Crippen LogP contribution is 2.64. The number of benzene rings is 1. The van der Waals surface area contributed by atoms with Crippen molar-refractivity contribution < 1.29 is 57.5 Å². The summed E-state index contributed by atoms with van der Waals surface area (Å²) in [5, 5.41) is 13.1. The minimum absolute atomic E-state index is 0.0956. The average Bonchev–Trinajstić information content (AvgIpc) is 3.01. The van der Waals surface area contributed by atoms with Crippen molar-refractivity contribution in [3.05, 3.63) is 53.5 Å². The maximum absolute atomic E-state index is 15.3. The van der Waals surface area contributed by atoms with E-state index >= 15 is 4.79 Å². The van der Waals surface area contributed by atoms with Gasteiger partial charge in [0, 0.05) is 25.7 Å². The lowest BCUT2D eigenvalue weighted by atomic mass is 9.45. The van der Waals surface area contributed by atoms with E-state index in [1.165, 1.54) is 26.0 Å². The van der Waals surface area contributed by atoms with Gasteiger partial charge in [-0.15, -0.1) is 11.6 Å². The molecule has 49 heavy (non-hydrogen) atoms. The van der Waals surface area contributed by atoms with E-state index in [0.717, 1.165) is 6.92 Å². The first kappa shape index (κ1) is 37.4. The van der Waals surface area contributed by atoms with Gasteiger partial charge in [0.2, 0.25) is 0 Å². The Hall–Kier alpha value is -2.90. The van der Waals surface area contributed by atoms with Gasteiger partial charge < -0.3 is 33.5 Å². The summed E-state index contributed by atoms with van der Waals surface area (Å²) in [6.45, 7) is 8.48. The lowest BCUT2D eigenvalue weighted by molar-refractivity contribution is -0.344. The predicted octanol–water partition coefficient (Wildman–Crippen LogP) is 5.03. The van der Waals surface area contributed by atoms with E-state index < -0.39 is 92.6 Å². The third-order valence-electron chi connectivity index (χ3n) is 10.5. The van der Waals surface area contributed by atoms with Gasteiger partial charge in [0.05, 0.1) is 29.4 Å². The Labute approximate surface area is 298 Å². The first-order chi connectivity index (χ1) is 22.7. The van der Waals surface area contributed by atoms with Crippen LogP contribution in [-0.4, -0.2) is 87.6 Å². The van der Waals surface area contributed by atoms with Crippen molar-refractivity contribution in [2.24, 2.45) is 16.7 Å². The van der Waals surface area contributed by atoms with Crippen molar-refractivity contribution in [1.29, 1.82) is 0 Å². The van der Waals surface area contributed by atoms with Gasteiger partial charge in [-0.2, -0.15) is 0 Å². The summed E-state index contributed by atoms with van der Waals surface area (Å²) < 4.78 is 32.6. The van der Waals surface area contributed by atoms with Crippen LogP contribution < -0.4 is 0 Å². The molecule has 15 heteroatoms. The van der Waals surface area contributed by atoms with Crippen LogP contribution in [0.5, 0.6) is 0 Å². The Balaban J connectivity index is 1.81. The van der Waals surface area contributed by atoms with Crippen molar-refractivity contribution in [3.63, 3.8) is 0 Å². The smallest absolute Gasteiger partial charge is 0.455 e. The summed E-state index contributed by atoms with van der Waals surface area (Å²) in [6.07, 6.45) is -5.83. The van der Waals surface area contributed by atoms with Crippen LogP contribution in [0.15, 0.2) is 41.5 Å². The van der Waals surface area contributed by atoms with E-state index in [4.69, 9.17) is 63.2 Å². The van der Waals surface area contributed by atoms with Crippen molar-refractivity contribution in [2.45, 2.75) is 94.5 Å². The van der Waals surface area contributed by atoms with Crippen LogP contribution in [0, 0.1) is 23.2 Å². The van der Waals surface area contributed by atoms with Crippen molar-refractivity contribution in [3.8, 4) is 0 Å². The lowest BCUT2D eigenvalue weighted by Gasteiger charge is -2.67. The summed E-state index contributed by atoms with van der Waals surface area (Å²) in [6, 6.07) is 8.00. The van der Waals surface area contributed by atoms with Gasteiger partial charge in [-0.3, -0.25) is 14.4 Å². The molecule has 5 rings (SSSR count). The monoisotopic (exact) mass is 743 g/mol. The summed E-state index contributed by atoms with van der Waals surface area (Å²) >= 11 is 17.7. The van der Waals surface area contributed by atoms with Crippen molar-refractivity contribution in [1.82, 2.24) is 0 Å². The summed E-state index contributed by atoms with van der Waals surface area (Å²) in [5.74, 6) is -5.17. The van der Waals surface area contributed by atoms with Gasteiger partial charge in [-0.1, -0.05) is 60.8 Å². The normalized spacial score (nSPS) is 34.9. The van der Waals surface area contributed by atoms with Crippen LogP contribution in [0.4, 0.5) is 4.79 Å². The SMILES string of the molecule is CC(=O)OC1C(=O)C2(C)C(OC(=O)OC(Cl)(Cl)CCl)CC3OCC3(OC(C)=O)C2C(OC(=O)c2ccccc2)C2(O)C[CH]C(C)=C1C2(C)C. The van der Waals surface area contributed by atoms with E-state index in [1.807, 2.05) is 0 Å². The van der Waals surface area contributed by atoms with E-state index in [9.17, 15) is 24.3 Å². The molecule has 1 aromatic rings. The summed E-state index contributed by atoms with van der Waals surface area (Å²) in [7, 11) is 0. The second-order valence-corrected chi connectivity index (χ2v) is 15.4. The van der Waals surface area contributed by atoms with Gasteiger partial charge in [-0.05, 0) is 44.4 Å². The average molecular weight is 745 g/mol. The number of hydrogen-bond donors (Lipinski definition) is 1. The zero-order chi connectivity index (χ0) is 36.3. The third-order valence-corrected chi connectivity index (χ3v) is 11.6. The van der Waals surface area contributed by atoms with Gasteiger partial charge in [0.25, 0.3) is 4.52 Å². The number of alkyl halides is 3. The Kier molecular flexibility index (Phi) is 9.92. The van der Waals surface area contributed by atoms with E-state index in [0.29, 0.717) is 5.57 Å². The molecule has 1 saturated heterocycles. The van der Waals surface area contributed by atoms with Crippen LogP contribution in [0.25, 0.3) is 0 Å². The molecule has 8 atom stereocenters. The number of rotatable bonds is 7. The van der Waals surface area contributed by atoms with Crippen LogP contribution >= 0.6 is 34.8 Å². The molecular formula is C34H38Cl3O12. The second kappa shape index (κ2) is 13.0. The largest absolute Gasteiger partial charge is 0.511 e. The number of fused-ring (bicyclic) bond motifs is 5. The lowest BCUT2D eigenvalue weighted by Crippen LogP contribution is -2.81. The van der Waals surface area contributed by atoms with Gasteiger partial charge in [0.1, 0.15) is 23.9 Å². The highest BCUT2D eigenvalue weighted by Gasteiger charge is 2.78. The molecule has 1 radical (unpaired) electrons. The number of aliphatic hydroxyl groups is 1. The Morgan fingerprint density at radius 1 is 1.02 bits per heavy atom. The van der Waals surface area contributed by atoms with Gasteiger partial charge >= 0.3 is 24.1 Å². The molecule has 1 heterocycles. The molecule has 12 nitrogen and oxygen atoms in total. The third kappa shape index (κ3) is 6.11. The Bertz CT molecular complexity index is 1580. The minimum Gasteiger partial charge on any atom is -0.455 e. The quantitative estimate of drug-likeness (QED) is 0.226. The molecule has 0 amide bonds. The number of halogens is 3. The molecule has 8 unspecified atom stereocenters. The molecule has 1 aromatic carbocycles. The molecule has 1 aliphatic heterocycles. The summed E-state index contributed by atoms with van der Waals surface area (Å²) in [4.78, 5) is 68.0.